The number of aromatic nitrogens is 2. The lowest BCUT2D eigenvalue weighted by molar-refractivity contribution is 0.0713. The van der Waals surface area contributed by atoms with Gasteiger partial charge in [-0.05, 0) is 47.5 Å². The molecule has 0 radical (unpaired) electrons. The van der Waals surface area contributed by atoms with E-state index in [4.69, 9.17) is 9.36 Å². The van der Waals surface area contributed by atoms with E-state index in [1.54, 1.807) is 17.0 Å². The monoisotopic (exact) mass is 456 g/mol. The van der Waals surface area contributed by atoms with Crippen molar-refractivity contribution in [2.24, 2.45) is 5.16 Å². The molecule has 0 spiro atoms. The molecule has 1 fully saturated rings. The number of halogens is 1. The molecule has 1 amide bonds. The van der Waals surface area contributed by atoms with Crippen LogP contribution < -0.4 is 0 Å². The third-order valence-electron chi connectivity index (χ3n) is 5.71. The molecule has 3 aromatic carbocycles. The summed E-state index contributed by atoms with van der Waals surface area (Å²) >= 11 is 0. The van der Waals surface area contributed by atoms with Gasteiger partial charge in [0.15, 0.2) is 0 Å². The van der Waals surface area contributed by atoms with E-state index in [-0.39, 0.29) is 24.2 Å². The topological polar surface area (TPSA) is 80.8 Å². The predicted octanol–water partition coefficient (Wildman–Crippen LogP) is 5.13. The molecule has 0 aliphatic carbocycles. The third kappa shape index (κ3) is 4.30. The van der Waals surface area contributed by atoms with Crippen LogP contribution in [-0.4, -0.2) is 40.3 Å². The SMILES string of the molecule is CO/N=C1/C[C@@H](c2nc(-c3ccc(F)cc3)no2)N(C(=O)c2ccc(-c3ccccc3)cc2)C1. The van der Waals surface area contributed by atoms with E-state index in [2.05, 4.69) is 15.3 Å². The highest BCUT2D eigenvalue weighted by Gasteiger charge is 2.38. The number of carbonyl (C=O) groups is 1. The highest BCUT2D eigenvalue weighted by Crippen LogP contribution is 2.33. The Morgan fingerprint density at radius 1 is 1.00 bits per heavy atom. The molecule has 0 saturated carbocycles. The molecule has 0 bridgehead atoms. The first kappa shape index (κ1) is 21.5. The molecule has 170 valence electrons. The van der Waals surface area contributed by atoms with Crippen molar-refractivity contribution < 1.29 is 18.5 Å². The molecule has 4 aromatic rings. The third-order valence-corrected chi connectivity index (χ3v) is 5.71. The molecule has 0 N–H and O–H groups in total. The predicted molar refractivity (Wildman–Crippen MR) is 124 cm³/mol. The standard InChI is InChI=1S/C26H21FN4O3/c1-33-29-22-15-23(25-28-24(30-34-25)19-11-13-21(27)14-12-19)31(16-22)26(32)20-9-7-18(8-10-20)17-5-3-2-4-6-17/h2-14,23H,15-16H2,1H3/b29-22-/t23-/m0/s1. The van der Waals surface area contributed by atoms with Gasteiger partial charge in [-0.2, -0.15) is 4.98 Å². The summed E-state index contributed by atoms with van der Waals surface area (Å²) in [7, 11) is 1.47. The second-order valence-corrected chi connectivity index (χ2v) is 7.90. The minimum Gasteiger partial charge on any atom is -0.399 e. The molecule has 7 nitrogen and oxygen atoms in total. The van der Waals surface area contributed by atoms with Gasteiger partial charge in [0.25, 0.3) is 5.91 Å². The Kier molecular flexibility index (Phi) is 5.86. The number of hydrogen-bond donors (Lipinski definition) is 0. The van der Waals surface area contributed by atoms with Crippen molar-refractivity contribution in [3.05, 3.63) is 96.1 Å². The van der Waals surface area contributed by atoms with Gasteiger partial charge in [-0.1, -0.05) is 52.8 Å². The van der Waals surface area contributed by atoms with Crippen molar-refractivity contribution in [2.75, 3.05) is 13.7 Å². The van der Waals surface area contributed by atoms with E-state index in [0.29, 0.717) is 29.1 Å². The Hall–Kier alpha value is -4.33. The molecule has 1 aromatic heterocycles. The average Bonchev–Trinajstić information content (AvgIpc) is 3.53. The first-order valence-corrected chi connectivity index (χ1v) is 10.8. The van der Waals surface area contributed by atoms with Crippen LogP contribution in [0.5, 0.6) is 0 Å². The van der Waals surface area contributed by atoms with Gasteiger partial charge in [0.1, 0.15) is 19.0 Å². The van der Waals surface area contributed by atoms with Crippen molar-refractivity contribution in [3.63, 3.8) is 0 Å². The van der Waals surface area contributed by atoms with Crippen LogP contribution in [0.25, 0.3) is 22.5 Å². The van der Waals surface area contributed by atoms with Crippen LogP contribution in [0.1, 0.15) is 28.7 Å². The molecule has 1 aliphatic heterocycles. The maximum atomic E-state index is 13.4. The molecule has 34 heavy (non-hydrogen) atoms. The van der Waals surface area contributed by atoms with Crippen LogP contribution >= 0.6 is 0 Å². The number of nitrogens with zero attached hydrogens (tertiary/aromatic N) is 4. The minimum absolute atomic E-state index is 0.174. The molecular weight excluding hydrogens is 435 g/mol. The summed E-state index contributed by atoms with van der Waals surface area (Å²) in [5.41, 5.74) is 3.96. The van der Waals surface area contributed by atoms with Crippen molar-refractivity contribution in [1.82, 2.24) is 15.0 Å². The lowest BCUT2D eigenvalue weighted by atomic mass is 10.0. The number of carbonyl (C=O) groups excluding carboxylic acids is 1. The normalized spacial score (nSPS) is 16.7. The summed E-state index contributed by atoms with van der Waals surface area (Å²) in [6.07, 6.45) is 0.409. The number of benzene rings is 3. The fourth-order valence-electron chi connectivity index (χ4n) is 4.02. The molecule has 1 aliphatic rings. The molecule has 1 atom stereocenters. The maximum Gasteiger partial charge on any atom is 0.254 e. The van der Waals surface area contributed by atoms with E-state index in [1.807, 2.05) is 54.6 Å². The summed E-state index contributed by atoms with van der Waals surface area (Å²) in [5, 5.41) is 8.07. The van der Waals surface area contributed by atoms with Crippen molar-refractivity contribution >= 4 is 11.6 Å². The van der Waals surface area contributed by atoms with Gasteiger partial charge in [0.05, 0.1) is 12.3 Å². The fourth-order valence-corrected chi connectivity index (χ4v) is 4.02. The molecule has 2 heterocycles. The number of hydrogen-bond acceptors (Lipinski definition) is 6. The zero-order chi connectivity index (χ0) is 23.5. The van der Waals surface area contributed by atoms with Gasteiger partial charge in [-0.3, -0.25) is 4.79 Å². The van der Waals surface area contributed by atoms with E-state index in [0.717, 1.165) is 11.1 Å². The van der Waals surface area contributed by atoms with Gasteiger partial charge in [0.2, 0.25) is 11.7 Å². The van der Waals surface area contributed by atoms with Crippen molar-refractivity contribution in [3.8, 4) is 22.5 Å². The minimum atomic E-state index is -0.489. The van der Waals surface area contributed by atoms with Gasteiger partial charge in [-0.15, -0.1) is 0 Å². The lowest BCUT2D eigenvalue weighted by Gasteiger charge is -2.21. The summed E-state index contributed by atoms with van der Waals surface area (Å²) in [6.45, 7) is 0.284. The van der Waals surface area contributed by atoms with Gasteiger partial charge < -0.3 is 14.3 Å². The first-order chi connectivity index (χ1) is 16.6. The van der Waals surface area contributed by atoms with Gasteiger partial charge in [0, 0.05) is 17.5 Å². The fraction of sp³-hybridized carbons (Fsp3) is 0.154. The van der Waals surface area contributed by atoms with E-state index in [1.165, 1.54) is 19.2 Å². The Morgan fingerprint density at radius 3 is 2.38 bits per heavy atom. The van der Waals surface area contributed by atoms with Crippen molar-refractivity contribution in [2.45, 2.75) is 12.5 Å². The van der Waals surface area contributed by atoms with Crippen molar-refractivity contribution in [1.29, 1.82) is 0 Å². The van der Waals surface area contributed by atoms with Crippen LogP contribution in [-0.2, 0) is 4.84 Å². The Balaban J connectivity index is 1.42. The average molecular weight is 456 g/mol. The maximum absolute atomic E-state index is 13.4. The van der Waals surface area contributed by atoms with Crippen LogP contribution in [0.15, 0.2) is 88.5 Å². The van der Waals surface area contributed by atoms with E-state index < -0.39 is 6.04 Å². The lowest BCUT2D eigenvalue weighted by Crippen LogP contribution is -2.31. The Morgan fingerprint density at radius 2 is 1.68 bits per heavy atom. The molecule has 5 rings (SSSR count). The smallest absolute Gasteiger partial charge is 0.254 e. The van der Waals surface area contributed by atoms with Gasteiger partial charge >= 0.3 is 0 Å². The number of oxime groups is 1. The second-order valence-electron chi connectivity index (χ2n) is 7.90. The van der Waals surface area contributed by atoms with E-state index >= 15 is 0 Å². The summed E-state index contributed by atoms with van der Waals surface area (Å²) in [4.78, 5) is 24.5. The second kappa shape index (κ2) is 9.27. The largest absolute Gasteiger partial charge is 0.399 e. The Labute approximate surface area is 195 Å². The Bertz CT molecular complexity index is 1320. The zero-order valence-electron chi connectivity index (χ0n) is 18.4. The summed E-state index contributed by atoms with van der Waals surface area (Å²) in [5.74, 6) is 0.0906. The number of likely N-dealkylation sites (tertiary alicyclic amines) is 1. The van der Waals surface area contributed by atoms with Crippen LogP contribution in [0, 0.1) is 5.82 Å². The zero-order valence-corrected chi connectivity index (χ0v) is 18.4. The highest BCUT2D eigenvalue weighted by molar-refractivity contribution is 6.00. The van der Waals surface area contributed by atoms with Crippen LogP contribution in [0.3, 0.4) is 0 Å². The molecular formula is C26H21FN4O3. The van der Waals surface area contributed by atoms with E-state index in [9.17, 15) is 9.18 Å². The quantitative estimate of drug-likeness (QED) is 0.389. The number of amides is 1. The van der Waals surface area contributed by atoms with Crippen LogP contribution in [0.2, 0.25) is 0 Å². The van der Waals surface area contributed by atoms with Crippen LogP contribution in [0.4, 0.5) is 4.39 Å². The molecule has 8 heteroatoms. The number of rotatable bonds is 5. The molecule has 0 unspecified atom stereocenters. The first-order valence-electron chi connectivity index (χ1n) is 10.8. The summed E-state index contributed by atoms with van der Waals surface area (Å²) in [6, 6.07) is 22.8. The summed E-state index contributed by atoms with van der Waals surface area (Å²) < 4.78 is 18.8. The van der Waals surface area contributed by atoms with Gasteiger partial charge in [-0.25, -0.2) is 4.39 Å². The highest BCUT2D eigenvalue weighted by atomic mass is 19.1. The molecule has 1 saturated heterocycles.